The lowest BCUT2D eigenvalue weighted by Crippen LogP contribution is -2.45. The summed E-state index contributed by atoms with van der Waals surface area (Å²) in [6, 6.07) is 8.64. The third kappa shape index (κ3) is 3.85. The quantitative estimate of drug-likeness (QED) is 0.813. The number of aliphatic hydroxyl groups is 2. The van der Waals surface area contributed by atoms with Crippen molar-refractivity contribution < 1.29 is 24.5 Å². The van der Waals surface area contributed by atoms with Crippen LogP contribution in [0, 0.1) is 0 Å². The average molecular weight is 308 g/mol. The molecule has 1 aliphatic rings. The minimum Gasteiger partial charge on any atom is -0.459 e. The number of carbonyl (C=O) groups excluding carboxylic acids is 1. The van der Waals surface area contributed by atoms with Gasteiger partial charge in [-0.1, -0.05) is 18.2 Å². The Hall–Kier alpha value is -1.43. The second-order valence-corrected chi connectivity index (χ2v) is 6.59. The van der Waals surface area contributed by atoms with Crippen molar-refractivity contribution >= 4 is 5.97 Å². The van der Waals surface area contributed by atoms with Crippen LogP contribution in [-0.2, 0) is 9.47 Å². The first kappa shape index (κ1) is 16.9. The Morgan fingerprint density at radius 3 is 2.64 bits per heavy atom. The molecule has 0 aliphatic carbocycles. The molecule has 1 saturated heterocycles. The fourth-order valence-corrected chi connectivity index (χ4v) is 2.59. The lowest BCUT2D eigenvalue weighted by molar-refractivity contribution is -0.160. The molecule has 1 heterocycles. The van der Waals surface area contributed by atoms with Crippen LogP contribution in [0.2, 0.25) is 0 Å². The van der Waals surface area contributed by atoms with E-state index in [0.717, 1.165) is 0 Å². The number of carbonyl (C=O) groups is 1. The fourth-order valence-electron chi connectivity index (χ4n) is 2.59. The molecule has 1 aromatic rings. The Labute approximate surface area is 130 Å². The lowest BCUT2D eigenvalue weighted by Gasteiger charge is -2.33. The molecule has 5 nitrogen and oxygen atoms in total. The topological polar surface area (TPSA) is 76.0 Å². The van der Waals surface area contributed by atoms with E-state index in [4.69, 9.17) is 9.47 Å². The van der Waals surface area contributed by atoms with Crippen molar-refractivity contribution in [1.29, 1.82) is 0 Å². The molecule has 2 N–H and O–H groups in total. The van der Waals surface area contributed by atoms with Crippen LogP contribution in [0.3, 0.4) is 0 Å². The highest BCUT2D eigenvalue weighted by atomic mass is 16.6. The second-order valence-electron chi connectivity index (χ2n) is 6.59. The van der Waals surface area contributed by atoms with E-state index in [1.54, 1.807) is 45.0 Å². The summed E-state index contributed by atoms with van der Waals surface area (Å²) in [5.41, 5.74) is -1.33. The molecular formula is C17H24O5. The van der Waals surface area contributed by atoms with E-state index in [1.165, 1.54) is 0 Å². The molecule has 5 heteroatoms. The SMILES string of the molecule is CC(C)(O)[C@H]1CC[C@](C)([C@@H](O)COC(=O)c2ccccc2)O1. The van der Waals surface area contributed by atoms with Crippen molar-refractivity contribution in [2.24, 2.45) is 0 Å². The van der Waals surface area contributed by atoms with E-state index in [2.05, 4.69) is 0 Å². The molecule has 3 atom stereocenters. The van der Waals surface area contributed by atoms with Gasteiger partial charge in [0.15, 0.2) is 0 Å². The number of aliphatic hydroxyl groups excluding tert-OH is 1. The summed E-state index contributed by atoms with van der Waals surface area (Å²) in [5, 5.41) is 20.3. The van der Waals surface area contributed by atoms with Gasteiger partial charge in [-0.15, -0.1) is 0 Å². The molecule has 0 spiro atoms. The van der Waals surface area contributed by atoms with Gasteiger partial charge in [-0.3, -0.25) is 0 Å². The third-order valence-corrected chi connectivity index (χ3v) is 4.19. The molecule has 1 fully saturated rings. The van der Waals surface area contributed by atoms with Gasteiger partial charge in [0.2, 0.25) is 0 Å². The molecule has 0 amide bonds. The molecule has 0 unspecified atom stereocenters. The van der Waals surface area contributed by atoms with E-state index >= 15 is 0 Å². The molecule has 2 rings (SSSR count). The van der Waals surface area contributed by atoms with E-state index < -0.39 is 23.3 Å². The van der Waals surface area contributed by atoms with E-state index in [0.29, 0.717) is 18.4 Å². The summed E-state index contributed by atoms with van der Waals surface area (Å²) in [6.07, 6.45) is -0.0143. The Kier molecular flexibility index (Phi) is 4.90. The Balaban J connectivity index is 1.90. The number of hydrogen-bond acceptors (Lipinski definition) is 5. The van der Waals surface area contributed by atoms with Gasteiger partial charge in [0.25, 0.3) is 0 Å². The summed E-state index contributed by atoms with van der Waals surface area (Å²) in [7, 11) is 0. The molecule has 1 aliphatic heterocycles. The van der Waals surface area contributed by atoms with Gasteiger partial charge < -0.3 is 19.7 Å². The van der Waals surface area contributed by atoms with Gasteiger partial charge in [-0.2, -0.15) is 0 Å². The van der Waals surface area contributed by atoms with E-state index in [1.807, 2.05) is 6.07 Å². The Morgan fingerprint density at radius 2 is 2.09 bits per heavy atom. The number of hydrogen-bond donors (Lipinski definition) is 2. The molecule has 22 heavy (non-hydrogen) atoms. The van der Waals surface area contributed by atoms with Gasteiger partial charge in [0, 0.05) is 0 Å². The van der Waals surface area contributed by atoms with Crippen molar-refractivity contribution in [3.05, 3.63) is 35.9 Å². The highest BCUT2D eigenvalue weighted by Crippen LogP contribution is 2.37. The summed E-state index contributed by atoms with van der Waals surface area (Å²) in [4.78, 5) is 11.9. The van der Waals surface area contributed by atoms with Crippen molar-refractivity contribution in [1.82, 2.24) is 0 Å². The highest BCUT2D eigenvalue weighted by Gasteiger charge is 2.46. The molecule has 1 aromatic carbocycles. The molecule has 0 saturated carbocycles. The van der Waals surface area contributed by atoms with Crippen LogP contribution in [0.25, 0.3) is 0 Å². The summed E-state index contributed by atoms with van der Waals surface area (Å²) in [6.45, 7) is 5.01. The van der Waals surface area contributed by atoms with Crippen LogP contribution in [-0.4, -0.2) is 46.2 Å². The molecule has 0 bridgehead atoms. The van der Waals surface area contributed by atoms with Crippen LogP contribution in [0.5, 0.6) is 0 Å². The van der Waals surface area contributed by atoms with Gasteiger partial charge in [0.05, 0.1) is 22.9 Å². The minimum absolute atomic E-state index is 0.136. The van der Waals surface area contributed by atoms with Gasteiger partial charge >= 0.3 is 5.97 Å². The number of rotatable bonds is 5. The van der Waals surface area contributed by atoms with Crippen LogP contribution in [0.15, 0.2) is 30.3 Å². The number of esters is 1. The lowest BCUT2D eigenvalue weighted by atomic mass is 9.94. The van der Waals surface area contributed by atoms with Crippen LogP contribution in [0.4, 0.5) is 0 Å². The zero-order chi connectivity index (χ0) is 16.4. The molecular weight excluding hydrogens is 284 g/mol. The van der Waals surface area contributed by atoms with Crippen LogP contribution in [0.1, 0.15) is 44.0 Å². The van der Waals surface area contributed by atoms with E-state index in [-0.39, 0.29) is 12.7 Å². The molecule has 0 aromatic heterocycles. The normalized spacial score (nSPS) is 26.7. The van der Waals surface area contributed by atoms with Crippen molar-refractivity contribution in [3.8, 4) is 0 Å². The standard InChI is InChI=1S/C17H24O5/c1-16(2,20)14-9-10-17(3,22-14)13(18)11-21-15(19)12-7-5-4-6-8-12/h4-8,13-14,18,20H,9-11H2,1-3H3/t13-,14+,17+/m0/s1. The first-order chi connectivity index (χ1) is 10.2. The van der Waals surface area contributed by atoms with Gasteiger partial charge in [0.1, 0.15) is 12.7 Å². The maximum absolute atomic E-state index is 11.9. The van der Waals surface area contributed by atoms with Crippen LogP contribution >= 0.6 is 0 Å². The molecule has 122 valence electrons. The maximum atomic E-state index is 11.9. The predicted molar refractivity (Wildman–Crippen MR) is 81.5 cm³/mol. The molecule has 0 radical (unpaired) electrons. The van der Waals surface area contributed by atoms with E-state index in [9.17, 15) is 15.0 Å². The van der Waals surface area contributed by atoms with Crippen molar-refractivity contribution in [2.75, 3.05) is 6.61 Å². The fraction of sp³-hybridized carbons (Fsp3) is 0.588. The first-order valence-electron chi connectivity index (χ1n) is 7.53. The van der Waals surface area contributed by atoms with Crippen LogP contribution < -0.4 is 0 Å². The largest absolute Gasteiger partial charge is 0.459 e. The number of ether oxygens (including phenoxy) is 2. The van der Waals surface area contributed by atoms with Crippen molar-refractivity contribution in [2.45, 2.75) is 57.0 Å². The Morgan fingerprint density at radius 1 is 1.45 bits per heavy atom. The summed E-state index contributed by atoms with van der Waals surface area (Å²) >= 11 is 0. The smallest absolute Gasteiger partial charge is 0.338 e. The zero-order valence-corrected chi connectivity index (χ0v) is 13.3. The van der Waals surface area contributed by atoms with Gasteiger partial charge in [-0.05, 0) is 45.7 Å². The number of benzene rings is 1. The monoisotopic (exact) mass is 308 g/mol. The summed E-state index contributed by atoms with van der Waals surface area (Å²) in [5.74, 6) is -0.472. The van der Waals surface area contributed by atoms with Crippen molar-refractivity contribution in [3.63, 3.8) is 0 Å². The second kappa shape index (κ2) is 6.36. The highest BCUT2D eigenvalue weighted by molar-refractivity contribution is 5.89. The average Bonchev–Trinajstić information content (AvgIpc) is 2.89. The third-order valence-electron chi connectivity index (χ3n) is 4.19. The minimum atomic E-state index is -0.960. The predicted octanol–water partition coefficient (Wildman–Crippen LogP) is 1.91. The first-order valence-corrected chi connectivity index (χ1v) is 7.53. The zero-order valence-electron chi connectivity index (χ0n) is 13.3. The maximum Gasteiger partial charge on any atom is 0.338 e. The summed E-state index contributed by atoms with van der Waals surface area (Å²) < 4.78 is 11.0. The Bertz CT molecular complexity index is 508. The van der Waals surface area contributed by atoms with Gasteiger partial charge in [-0.25, -0.2) is 4.79 Å².